The normalized spacial score (nSPS) is 10.9. The van der Waals surface area contributed by atoms with Crippen LogP contribution in [0.4, 0.5) is 5.82 Å². The third kappa shape index (κ3) is 4.35. The van der Waals surface area contributed by atoms with Gasteiger partial charge in [0.15, 0.2) is 0 Å². The summed E-state index contributed by atoms with van der Waals surface area (Å²) in [6.07, 6.45) is 3.76. The van der Waals surface area contributed by atoms with Crippen molar-refractivity contribution >= 4 is 5.82 Å². The van der Waals surface area contributed by atoms with E-state index in [-0.39, 0.29) is 0 Å². The second kappa shape index (κ2) is 7.28. The molecule has 0 saturated carbocycles. The van der Waals surface area contributed by atoms with Crippen molar-refractivity contribution < 1.29 is 0 Å². The smallest absolute Gasteiger partial charge is 0.129 e. The van der Waals surface area contributed by atoms with Crippen molar-refractivity contribution in [3.8, 4) is 0 Å². The van der Waals surface area contributed by atoms with Gasteiger partial charge in [-0.05, 0) is 32.4 Å². The Morgan fingerprint density at radius 1 is 1.29 bits per heavy atom. The summed E-state index contributed by atoms with van der Waals surface area (Å²) in [4.78, 5) is 6.95. The van der Waals surface area contributed by atoms with Gasteiger partial charge in [0.1, 0.15) is 5.82 Å². The lowest BCUT2D eigenvalue weighted by Gasteiger charge is -2.28. The average molecular weight is 235 g/mol. The summed E-state index contributed by atoms with van der Waals surface area (Å²) in [5.74, 6) is 1.05. The van der Waals surface area contributed by atoms with Gasteiger partial charge in [0.2, 0.25) is 0 Å². The number of hydrogen-bond acceptors (Lipinski definition) is 3. The molecular formula is C14H25N3. The third-order valence-corrected chi connectivity index (χ3v) is 2.92. The van der Waals surface area contributed by atoms with Crippen LogP contribution in [0.1, 0.15) is 45.7 Å². The Kier molecular flexibility index (Phi) is 5.98. The first-order valence-electron chi connectivity index (χ1n) is 6.61. The zero-order valence-electron chi connectivity index (χ0n) is 11.3. The number of anilines is 1. The molecule has 96 valence electrons. The highest BCUT2D eigenvalue weighted by Crippen LogP contribution is 2.15. The summed E-state index contributed by atoms with van der Waals surface area (Å²) in [5.41, 5.74) is 6.60. The molecule has 17 heavy (non-hydrogen) atoms. The van der Waals surface area contributed by atoms with Crippen LogP contribution in [0.15, 0.2) is 18.2 Å². The van der Waals surface area contributed by atoms with Crippen LogP contribution >= 0.6 is 0 Å². The SMILES string of the molecule is CCCCCN(c1cccc(CN)n1)C(C)C. The number of nitrogens with zero attached hydrogens (tertiary/aromatic N) is 2. The molecule has 0 atom stereocenters. The molecule has 0 aliphatic heterocycles. The molecule has 0 spiro atoms. The van der Waals surface area contributed by atoms with E-state index in [2.05, 4.69) is 36.7 Å². The first-order valence-corrected chi connectivity index (χ1v) is 6.61. The lowest BCUT2D eigenvalue weighted by Crippen LogP contribution is -2.32. The first-order chi connectivity index (χ1) is 8.19. The van der Waals surface area contributed by atoms with E-state index in [0.717, 1.165) is 18.1 Å². The topological polar surface area (TPSA) is 42.1 Å². The fourth-order valence-electron chi connectivity index (χ4n) is 1.91. The quantitative estimate of drug-likeness (QED) is 0.739. The van der Waals surface area contributed by atoms with E-state index < -0.39 is 0 Å². The molecule has 0 aliphatic carbocycles. The predicted octanol–water partition coefficient (Wildman–Crippen LogP) is 2.95. The summed E-state index contributed by atoms with van der Waals surface area (Å²) >= 11 is 0. The van der Waals surface area contributed by atoms with Crippen molar-refractivity contribution in [2.75, 3.05) is 11.4 Å². The zero-order chi connectivity index (χ0) is 12.7. The van der Waals surface area contributed by atoms with Gasteiger partial charge < -0.3 is 10.6 Å². The van der Waals surface area contributed by atoms with Crippen molar-refractivity contribution in [2.24, 2.45) is 5.73 Å². The molecular weight excluding hydrogens is 210 g/mol. The van der Waals surface area contributed by atoms with Gasteiger partial charge in [0.25, 0.3) is 0 Å². The Hall–Kier alpha value is -1.09. The van der Waals surface area contributed by atoms with Crippen LogP contribution < -0.4 is 10.6 Å². The molecule has 2 N–H and O–H groups in total. The summed E-state index contributed by atoms with van der Waals surface area (Å²) in [7, 11) is 0. The molecule has 0 saturated heterocycles. The van der Waals surface area contributed by atoms with Crippen molar-refractivity contribution in [1.29, 1.82) is 0 Å². The molecule has 0 aliphatic rings. The lowest BCUT2D eigenvalue weighted by molar-refractivity contribution is 0.619. The minimum absolute atomic E-state index is 0.479. The van der Waals surface area contributed by atoms with Crippen LogP contribution in [-0.4, -0.2) is 17.6 Å². The molecule has 0 fully saturated rings. The van der Waals surface area contributed by atoms with E-state index >= 15 is 0 Å². The number of unbranched alkanes of at least 4 members (excludes halogenated alkanes) is 2. The summed E-state index contributed by atoms with van der Waals surface area (Å²) < 4.78 is 0. The third-order valence-electron chi connectivity index (χ3n) is 2.92. The lowest BCUT2D eigenvalue weighted by atomic mass is 10.2. The van der Waals surface area contributed by atoms with Gasteiger partial charge in [0, 0.05) is 19.1 Å². The molecule has 1 heterocycles. The van der Waals surface area contributed by atoms with E-state index in [1.165, 1.54) is 19.3 Å². The monoisotopic (exact) mass is 235 g/mol. The fraction of sp³-hybridized carbons (Fsp3) is 0.643. The number of pyridine rings is 1. The molecule has 0 radical (unpaired) electrons. The van der Waals surface area contributed by atoms with Crippen molar-refractivity contribution in [3.05, 3.63) is 23.9 Å². The number of aromatic nitrogens is 1. The second-order valence-electron chi connectivity index (χ2n) is 4.69. The highest BCUT2D eigenvalue weighted by molar-refractivity contribution is 5.40. The fourth-order valence-corrected chi connectivity index (χ4v) is 1.91. The van der Waals surface area contributed by atoms with Crippen LogP contribution in [-0.2, 0) is 6.54 Å². The van der Waals surface area contributed by atoms with Gasteiger partial charge in [-0.1, -0.05) is 25.8 Å². The van der Waals surface area contributed by atoms with Gasteiger partial charge in [-0.2, -0.15) is 0 Å². The number of nitrogens with two attached hydrogens (primary N) is 1. The molecule has 0 unspecified atom stereocenters. The van der Waals surface area contributed by atoms with Gasteiger partial charge in [-0.25, -0.2) is 4.98 Å². The molecule has 0 amide bonds. The Morgan fingerprint density at radius 2 is 2.06 bits per heavy atom. The molecule has 3 nitrogen and oxygen atoms in total. The van der Waals surface area contributed by atoms with Gasteiger partial charge >= 0.3 is 0 Å². The Morgan fingerprint density at radius 3 is 2.65 bits per heavy atom. The summed E-state index contributed by atoms with van der Waals surface area (Å²) in [6, 6.07) is 6.58. The Bertz CT molecular complexity index is 323. The van der Waals surface area contributed by atoms with Crippen molar-refractivity contribution in [1.82, 2.24) is 4.98 Å². The van der Waals surface area contributed by atoms with E-state index in [4.69, 9.17) is 5.73 Å². The van der Waals surface area contributed by atoms with E-state index in [1.54, 1.807) is 0 Å². The van der Waals surface area contributed by atoms with Crippen molar-refractivity contribution in [3.63, 3.8) is 0 Å². The van der Waals surface area contributed by atoms with E-state index in [9.17, 15) is 0 Å². The van der Waals surface area contributed by atoms with Crippen LogP contribution in [0, 0.1) is 0 Å². The average Bonchev–Trinajstić information content (AvgIpc) is 2.34. The maximum atomic E-state index is 5.64. The molecule has 0 aromatic carbocycles. The van der Waals surface area contributed by atoms with E-state index in [1.807, 2.05) is 12.1 Å². The van der Waals surface area contributed by atoms with Crippen LogP contribution in [0.5, 0.6) is 0 Å². The van der Waals surface area contributed by atoms with Crippen molar-refractivity contribution in [2.45, 2.75) is 52.6 Å². The molecule has 1 aromatic heterocycles. The second-order valence-corrected chi connectivity index (χ2v) is 4.69. The minimum atomic E-state index is 0.479. The van der Waals surface area contributed by atoms with Crippen LogP contribution in [0.3, 0.4) is 0 Å². The maximum Gasteiger partial charge on any atom is 0.129 e. The molecule has 1 rings (SSSR count). The first kappa shape index (κ1) is 14.0. The number of hydrogen-bond donors (Lipinski definition) is 1. The Labute approximate surface area is 105 Å². The number of rotatable bonds is 7. The minimum Gasteiger partial charge on any atom is -0.354 e. The largest absolute Gasteiger partial charge is 0.354 e. The van der Waals surface area contributed by atoms with Gasteiger partial charge in [-0.15, -0.1) is 0 Å². The molecule has 0 bridgehead atoms. The zero-order valence-corrected chi connectivity index (χ0v) is 11.3. The highest BCUT2D eigenvalue weighted by Gasteiger charge is 2.11. The predicted molar refractivity (Wildman–Crippen MR) is 74.1 cm³/mol. The summed E-state index contributed by atoms with van der Waals surface area (Å²) in [6.45, 7) is 8.24. The van der Waals surface area contributed by atoms with Gasteiger partial charge in [0.05, 0.1) is 5.69 Å². The molecule has 1 aromatic rings. The molecule has 3 heteroatoms. The van der Waals surface area contributed by atoms with Crippen LogP contribution in [0.25, 0.3) is 0 Å². The standard InChI is InChI=1S/C14H25N3/c1-4-5-6-10-17(12(2)3)14-9-7-8-13(11-15)16-14/h7-9,12H,4-6,10-11,15H2,1-3H3. The Balaban J connectivity index is 2.74. The highest BCUT2D eigenvalue weighted by atomic mass is 15.2. The van der Waals surface area contributed by atoms with E-state index in [0.29, 0.717) is 12.6 Å². The summed E-state index contributed by atoms with van der Waals surface area (Å²) in [5, 5.41) is 0. The maximum absolute atomic E-state index is 5.64. The van der Waals surface area contributed by atoms with Gasteiger partial charge in [-0.3, -0.25) is 0 Å². The van der Waals surface area contributed by atoms with Crippen LogP contribution in [0.2, 0.25) is 0 Å².